The Morgan fingerprint density at radius 1 is 1.07 bits per heavy atom. The maximum atomic E-state index is 12.8. The van der Waals surface area contributed by atoms with Crippen molar-refractivity contribution in [1.29, 1.82) is 0 Å². The van der Waals surface area contributed by atoms with Crippen LogP contribution in [0, 0.1) is 6.92 Å². The minimum atomic E-state index is -0.317. The number of piperazine rings is 1. The minimum absolute atomic E-state index is 0.317. The number of aromatic nitrogens is 2. The van der Waals surface area contributed by atoms with Crippen LogP contribution in [0.1, 0.15) is 16.3 Å². The van der Waals surface area contributed by atoms with Gasteiger partial charge in [-0.25, -0.2) is 9.97 Å². The molecule has 144 valence electrons. The monoisotopic (exact) mass is 371 g/mol. The summed E-state index contributed by atoms with van der Waals surface area (Å²) in [6.45, 7) is 5.47. The van der Waals surface area contributed by atoms with Crippen molar-refractivity contribution < 1.29 is 14.3 Å². The van der Waals surface area contributed by atoms with E-state index in [-0.39, 0.29) is 5.91 Å². The highest BCUT2D eigenvalue weighted by Gasteiger charge is 2.19. The Kier molecular flexibility index (Phi) is 5.75. The number of ether oxygens (including phenoxy) is 2. The van der Waals surface area contributed by atoms with Crippen molar-refractivity contribution in [2.24, 2.45) is 0 Å². The highest BCUT2D eigenvalue weighted by molar-refractivity contribution is 6.04. The lowest BCUT2D eigenvalue weighted by Gasteiger charge is -2.33. The predicted molar refractivity (Wildman–Crippen MR) is 104 cm³/mol. The first kappa shape index (κ1) is 18.9. The van der Waals surface area contributed by atoms with Crippen LogP contribution in [0.25, 0.3) is 0 Å². The Bertz CT molecular complexity index is 819. The summed E-state index contributed by atoms with van der Waals surface area (Å²) in [7, 11) is 5.23. The zero-order chi connectivity index (χ0) is 19.4. The number of nitrogens with zero attached hydrogens (tertiary/aromatic N) is 4. The van der Waals surface area contributed by atoms with E-state index in [9.17, 15) is 4.79 Å². The number of benzene rings is 1. The molecule has 3 rings (SSSR count). The minimum Gasteiger partial charge on any atom is -0.497 e. The van der Waals surface area contributed by atoms with Gasteiger partial charge < -0.3 is 24.6 Å². The lowest BCUT2D eigenvalue weighted by molar-refractivity contribution is 0.102. The smallest absolute Gasteiger partial charge is 0.274 e. The Morgan fingerprint density at radius 2 is 1.81 bits per heavy atom. The third-order valence-electron chi connectivity index (χ3n) is 4.54. The van der Waals surface area contributed by atoms with Gasteiger partial charge in [0.15, 0.2) is 0 Å². The summed E-state index contributed by atoms with van der Waals surface area (Å²) in [5, 5.41) is 2.86. The average molecular weight is 371 g/mol. The number of likely N-dealkylation sites (N-methyl/N-ethyl adjacent to an activating group) is 1. The molecule has 0 unspecified atom stereocenters. The summed E-state index contributed by atoms with van der Waals surface area (Å²) >= 11 is 0. The summed E-state index contributed by atoms with van der Waals surface area (Å²) < 4.78 is 10.5. The van der Waals surface area contributed by atoms with Crippen molar-refractivity contribution >= 4 is 17.4 Å². The van der Waals surface area contributed by atoms with Crippen LogP contribution in [0.5, 0.6) is 11.5 Å². The summed E-state index contributed by atoms with van der Waals surface area (Å²) in [5.74, 6) is 2.20. The second-order valence-electron chi connectivity index (χ2n) is 6.47. The van der Waals surface area contributed by atoms with Gasteiger partial charge in [0.2, 0.25) is 0 Å². The number of methoxy groups -OCH3 is 2. The molecule has 0 aliphatic carbocycles. The molecule has 1 aromatic carbocycles. The molecular weight excluding hydrogens is 346 g/mol. The molecule has 8 heteroatoms. The fraction of sp³-hybridized carbons (Fsp3) is 0.421. The van der Waals surface area contributed by atoms with Gasteiger partial charge in [0, 0.05) is 38.3 Å². The SMILES string of the molecule is COc1ccc(OC)c(NC(=O)c2cc(N3CCN(C)CC3)nc(C)n2)c1. The van der Waals surface area contributed by atoms with Crippen LogP contribution in [0.15, 0.2) is 24.3 Å². The molecule has 1 aliphatic rings. The lowest BCUT2D eigenvalue weighted by Crippen LogP contribution is -2.45. The summed E-state index contributed by atoms with van der Waals surface area (Å²) in [4.78, 5) is 26.1. The number of hydrogen-bond donors (Lipinski definition) is 1. The van der Waals surface area contributed by atoms with Gasteiger partial charge in [-0.2, -0.15) is 0 Å². The van der Waals surface area contributed by atoms with Gasteiger partial charge in [-0.1, -0.05) is 0 Å². The fourth-order valence-electron chi connectivity index (χ4n) is 2.96. The van der Waals surface area contributed by atoms with Gasteiger partial charge >= 0.3 is 0 Å². The molecular formula is C19H25N5O3. The summed E-state index contributed by atoms with van der Waals surface area (Å²) in [6.07, 6.45) is 0. The molecule has 1 aliphatic heterocycles. The molecule has 2 aromatic rings. The Hall–Kier alpha value is -2.87. The van der Waals surface area contributed by atoms with E-state index in [0.29, 0.717) is 28.7 Å². The number of anilines is 2. The van der Waals surface area contributed by atoms with Crippen molar-refractivity contribution in [3.8, 4) is 11.5 Å². The topological polar surface area (TPSA) is 79.8 Å². The Balaban J connectivity index is 1.83. The molecule has 8 nitrogen and oxygen atoms in total. The molecule has 0 atom stereocenters. The number of carbonyl (C=O) groups excluding carboxylic acids is 1. The molecule has 1 fully saturated rings. The van der Waals surface area contributed by atoms with Crippen molar-refractivity contribution in [3.05, 3.63) is 35.8 Å². The van der Waals surface area contributed by atoms with Crippen molar-refractivity contribution in [1.82, 2.24) is 14.9 Å². The van der Waals surface area contributed by atoms with Crippen LogP contribution in [-0.2, 0) is 0 Å². The first-order chi connectivity index (χ1) is 13.0. The highest BCUT2D eigenvalue weighted by Crippen LogP contribution is 2.29. The average Bonchev–Trinajstić information content (AvgIpc) is 2.68. The van der Waals surface area contributed by atoms with E-state index in [1.165, 1.54) is 0 Å². The number of amides is 1. The first-order valence-corrected chi connectivity index (χ1v) is 8.82. The Labute approximate surface area is 159 Å². The van der Waals surface area contributed by atoms with Crippen LogP contribution in [0.4, 0.5) is 11.5 Å². The summed E-state index contributed by atoms with van der Waals surface area (Å²) in [6, 6.07) is 6.97. The van der Waals surface area contributed by atoms with Gasteiger partial charge in [-0.3, -0.25) is 4.79 Å². The predicted octanol–water partition coefficient (Wildman–Crippen LogP) is 1.81. The van der Waals surface area contributed by atoms with Gasteiger partial charge in [0.05, 0.1) is 19.9 Å². The normalized spacial score (nSPS) is 14.7. The van der Waals surface area contributed by atoms with Crippen molar-refractivity contribution in [3.63, 3.8) is 0 Å². The van der Waals surface area contributed by atoms with Gasteiger partial charge in [0.25, 0.3) is 5.91 Å². The maximum Gasteiger partial charge on any atom is 0.274 e. The summed E-state index contributed by atoms with van der Waals surface area (Å²) in [5.41, 5.74) is 0.848. The van der Waals surface area contributed by atoms with Crippen molar-refractivity contribution in [2.75, 3.05) is 57.7 Å². The molecule has 0 radical (unpaired) electrons. The van der Waals surface area contributed by atoms with E-state index in [2.05, 4.69) is 32.1 Å². The maximum absolute atomic E-state index is 12.8. The fourth-order valence-corrected chi connectivity index (χ4v) is 2.96. The van der Waals surface area contributed by atoms with Crippen LogP contribution < -0.4 is 19.7 Å². The van der Waals surface area contributed by atoms with E-state index in [1.54, 1.807) is 45.4 Å². The van der Waals surface area contributed by atoms with E-state index < -0.39 is 0 Å². The third kappa shape index (κ3) is 4.46. The van der Waals surface area contributed by atoms with E-state index in [1.807, 2.05) is 0 Å². The molecule has 1 aromatic heterocycles. The van der Waals surface area contributed by atoms with Crippen LogP contribution in [-0.4, -0.2) is 68.2 Å². The number of nitrogens with one attached hydrogen (secondary N) is 1. The largest absolute Gasteiger partial charge is 0.497 e. The van der Waals surface area contributed by atoms with Gasteiger partial charge in [0.1, 0.15) is 28.8 Å². The van der Waals surface area contributed by atoms with Crippen LogP contribution >= 0.6 is 0 Å². The number of carbonyl (C=O) groups is 1. The zero-order valence-electron chi connectivity index (χ0n) is 16.2. The standard InChI is InChI=1S/C19H25N5O3/c1-13-20-16(12-18(21-13)24-9-7-23(2)8-10-24)19(25)22-15-11-14(26-3)5-6-17(15)27-4/h5-6,11-12H,7-10H2,1-4H3,(H,22,25). The molecule has 27 heavy (non-hydrogen) atoms. The third-order valence-corrected chi connectivity index (χ3v) is 4.54. The van der Waals surface area contributed by atoms with E-state index >= 15 is 0 Å². The lowest BCUT2D eigenvalue weighted by atomic mass is 10.2. The molecule has 1 N–H and O–H groups in total. The second-order valence-corrected chi connectivity index (χ2v) is 6.47. The Morgan fingerprint density at radius 3 is 2.48 bits per heavy atom. The van der Waals surface area contributed by atoms with Crippen LogP contribution in [0.2, 0.25) is 0 Å². The molecule has 1 saturated heterocycles. The second kappa shape index (κ2) is 8.22. The molecule has 0 saturated carbocycles. The molecule has 1 amide bonds. The quantitative estimate of drug-likeness (QED) is 0.858. The zero-order valence-corrected chi connectivity index (χ0v) is 16.2. The number of aryl methyl sites for hydroxylation is 1. The molecule has 0 spiro atoms. The first-order valence-electron chi connectivity index (χ1n) is 8.82. The van der Waals surface area contributed by atoms with Gasteiger partial charge in [-0.05, 0) is 26.1 Å². The van der Waals surface area contributed by atoms with Crippen molar-refractivity contribution in [2.45, 2.75) is 6.92 Å². The molecule has 0 bridgehead atoms. The van der Waals surface area contributed by atoms with Gasteiger partial charge in [-0.15, -0.1) is 0 Å². The highest BCUT2D eigenvalue weighted by atomic mass is 16.5. The van der Waals surface area contributed by atoms with E-state index in [0.717, 1.165) is 32.0 Å². The number of rotatable bonds is 5. The van der Waals surface area contributed by atoms with E-state index in [4.69, 9.17) is 9.47 Å². The number of hydrogen-bond acceptors (Lipinski definition) is 7. The molecule has 2 heterocycles. The van der Waals surface area contributed by atoms with Crippen LogP contribution in [0.3, 0.4) is 0 Å².